The van der Waals surface area contributed by atoms with E-state index in [2.05, 4.69) is 0 Å². The van der Waals surface area contributed by atoms with E-state index in [4.69, 9.17) is 5.11 Å². The lowest BCUT2D eigenvalue weighted by Crippen LogP contribution is -2.48. The van der Waals surface area contributed by atoms with E-state index < -0.39 is 11.5 Å². The van der Waals surface area contributed by atoms with E-state index in [1.807, 2.05) is 0 Å². The van der Waals surface area contributed by atoms with Crippen LogP contribution in [0, 0.1) is 5.82 Å². The monoisotopic (exact) mass is 271 g/mol. The van der Waals surface area contributed by atoms with Gasteiger partial charge in [-0.1, -0.05) is 12.1 Å². The molecule has 0 saturated heterocycles. The summed E-state index contributed by atoms with van der Waals surface area (Å²) in [5.74, 6) is -0.447. The van der Waals surface area contributed by atoms with E-state index in [0.29, 0.717) is 17.2 Å². The second kappa shape index (κ2) is 6.20. The maximum absolute atomic E-state index is 13.3. The van der Waals surface area contributed by atoms with Crippen LogP contribution in [-0.2, 0) is 4.79 Å². The molecule has 0 saturated carbocycles. The smallest absolute Gasteiger partial charge is 0.323 e. The highest BCUT2D eigenvalue weighted by atomic mass is 32.2. The van der Waals surface area contributed by atoms with Crippen molar-refractivity contribution >= 4 is 17.7 Å². The Bertz CT molecular complexity index is 423. The largest absolute Gasteiger partial charge is 0.480 e. The summed E-state index contributed by atoms with van der Waals surface area (Å²) in [4.78, 5) is 13.4. The molecule has 1 rings (SSSR count). The Hall–Kier alpha value is -1.07. The average molecular weight is 271 g/mol. The number of benzene rings is 1. The number of carboxylic acid groups (broad SMARTS) is 1. The van der Waals surface area contributed by atoms with Crippen molar-refractivity contribution in [2.75, 3.05) is 19.3 Å². The Balaban J connectivity index is 2.48. The maximum Gasteiger partial charge on any atom is 0.323 e. The molecule has 0 unspecified atom stereocenters. The van der Waals surface area contributed by atoms with Crippen LogP contribution in [0.5, 0.6) is 0 Å². The molecule has 100 valence electrons. The van der Waals surface area contributed by atoms with Gasteiger partial charge in [0.1, 0.15) is 11.4 Å². The lowest BCUT2D eigenvalue weighted by molar-refractivity contribution is -0.148. The summed E-state index contributed by atoms with van der Waals surface area (Å²) >= 11 is 1.39. The first-order valence-corrected chi connectivity index (χ1v) is 6.66. The summed E-state index contributed by atoms with van der Waals surface area (Å²) in [5, 5.41) is 9.06. The van der Waals surface area contributed by atoms with E-state index in [-0.39, 0.29) is 5.82 Å². The maximum atomic E-state index is 13.3. The summed E-state index contributed by atoms with van der Waals surface area (Å²) in [7, 11) is 1.76. The van der Waals surface area contributed by atoms with Gasteiger partial charge in [0.2, 0.25) is 0 Å². The molecule has 1 N–H and O–H groups in total. The number of rotatable bonds is 6. The average Bonchev–Trinajstić information content (AvgIpc) is 2.31. The summed E-state index contributed by atoms with van der Waals surface area (Å²) in [6, 6.07) is 6.59. The highest BCUT2D eigenvalue weighted by Gasteiger charge is 2.31. The molecular weight excluding hydrogens is 253 g/mol. The van der Waals surface area contributed by atoms with Gasteiger partial charge in [-0.2, -0.15) is 0 Å². The number of thioether (sulfide) groups is 1. The van der Waals surface area contributed by atoms with Crippen molar-refractivity contribution in [2.45, 2.75) is 24.3 Å². The van der Waals surface area contributed by atoms with E-state index in [1.165, 1.54) is 17.8 Å². The number of nitrogens with zero attached hydrogens (tertiary/aromatic N) is 1. The minimum atomic E-state index is -0.907. The first kappa shape index (κ1) is 15.0. The predicted molar refractivity (Wildman–Crippen MR) is 71.5 cm³/mol. The molecule has 18 heavy (non-hydrogen) atoms. The van der Waals surface area contributed by atoms with Gasteiger partial charge in [-0.05, 0) is 33.0 Å². The third-order valence-corrected chi connectivity index (χ3v) is 4.03. The number of halogens is 1. The molecule has 5 heteroatoms. The number of hydrogen-bond acceptors (Lipinski definition) is 3. The van der Waals surface area contributed by atoms with E-state index in [1.54, 1.807) is 44.0 Å². The fourth-order valence-corrected chi connectivity index (χ4v) is 2.26. The Morgan fingerprint density at radius 2 is 2.06 bits per heavy atom. The molecule has 0 spiro atoms. The SMILES string of the molecule is CN(CCSc1ccccc1F)C(C)(C)C(=O)O. The van der Waals surface area contributed by atoms with E-state index >= 15 is 0 Å². The molecule has 0 aliphatic carbocycles. The number of likely N-dealkylation sites (N-methyl/N-ethyl adjacent to an activating group) is 1. The predicted octanol–water partition coefficient (Wildman–Crippen LogP) is 2.71. The van der Waals surface area contributed by atoms with Crippen molar-refractivity contribution in [2.24, 2.45) is 0 Å². The molecule has 0 amide bonds. The normalized spacial score (nSPS) is 11.8. The van der Waals surface area contributed by atoms with Gasteiger partial charge >= 0.3 is 5.97 Å². The van der Waals surface area contributed by atoms with Crippen molar-refractivity contribution < 1.29 is 14.3 Å². The van der Waals surface area contributed by atoms with Gasteiger partial charge in [-0.15, -0.1) is 11.8 Å². The molecule has 0 radical (unpaired) electrons. The zero-order valence-electron chi connectivity index (χ0n) is 10.8. The highest BCUT2D eigenvalue weighted by molar-refractivity contribution is 7.99. The van der Waals surface area contributed by atoms with Crippen LogP contribution < -0.4 is 0 Å². The molecule has 0 bridgehead atoms. The third-order valence-electron chi connectivity index (χ3n) is 3.00. The van der Waals surface area contributed by atoms with Crippen molar-refractivity contribution in [3.8, 4) is 0 Å². The Morgan fingerprint density at radius 3 is 2.61 bits per heavy atom. The van der Waals surface area contributed by atoms with Crippen molar-refractivity contribution in [3.05, 3.63) is 30.1 Å². The number of aliphatic carboxylic acids is 1. The van der Waals surface area contributed by atoms with Crippen LogP contribution in [0.15, 0.2) is 29.2 Å². The minimum Gasteiger partial charge on any atom is -0.480 e. The van der Waals surface area contributed by atoms with Crippen LogP contribution >= 0.6 is 11.8 Å². The standard InChI is InChI=1S/C13H18FNO2S/c1-13(2,12(16)17)15(3)8-9-18-11-7-5-4-6-10(11)14/h4-7H,8-9H2,1-3H3,(H,16,17). The second-order valence-corrected chi connectivity index (χ2v) is 5.70. The first-order valence-electron chi connectivity index (χ1n) is 5.67. The van der Waals surface area contributed by atoms with Gasteiger partial charge in [0.15, 0.2) is 0 Å². The lowest BCUT2D eigenvalue weighted by Gasteiger charge is -2.31. The number of carbonyl (C=O) groups is 1. The molecule has 0 heterocycles. The molecular formula is C13H18FNO2S. The molecule has 1 aromatic rings. The van der Waals surface area contributed by atoms with Gasteiger partial charge in [0, 0.05) is 17.2 Å². The van der Waals surface area contributed by atoms with E-state index in [0.717, 1.165) is 0 Å². The highest BCUT2D eigenvalue weighted by Crippen LogP contribution is 2.22. The Labute approximate surface area is 111 Å². The topological polar surface area (TPSA) is 40.5 Å². The van der Waals surface area contributed by atoms with Gasteiger partial charge < -0.3 is 5.11 Å². The molecule has 1 aromatic carbocycles. The fourth-order valence-electron chi connectivity index (χ4n) is 1.30. The molecule has 0 aromatic heterocycles. The summed E-state index contributed by atoms with van der Waals surface area (Å²) in [5.41, 5.74) is -0.907. The number of hydrogen-bond donors (Lipinski definition) is 1. The third kappa shape index (κ3) is 3.71. The Morgan fingerprint density at radius 1 is 1.44 bits per heavy atom. The molecule has 0 aliphatic rings. The minimum absolute atomic E-state index is 0.234. The van der Waals surface area contributed by atoms with Crippen molar-refractivity contribution in [1.29, 1.82) is 0 Å². The second-order valence-electron chi connectivity index (χ2n) is 4.56. The van der Waals surface area contributed by atoms with Crippen LogP contribution in [0.3, 0.4) is 0 Å². The van der Waals surface area contributed by atoms with Crippen LogP contribution in [0.1, 0.15) is 13.8 Å². The molecule has 3 nitrogen and oxygen atoms in total. The zero-order valence-corrected chi connectivity index (χ0v) is 11.6. The van der Waals surface area contributed by atoms with Crippen LogP contribution in [0.2, 0.25) is 0 Å². The van der Waals surface area contributed by atoms with Crippen molar-refractivity contribution in [1.82, 2.24) is 4.90 Å². The number of carboxylic acids is 1. The van der Waals surface area contributed by atoms with Crippen LogP contribution in [0.4, 0.5) is 4.39 Å². The Kier molecular flexibility index (Phi) is 5.16. The molecule has 0 atom stereocenters. The summed E-state index contributed by atoms with van der Waals surface area (Å²) in [6.07, 6.45) is 0. The summed E-state index contributed by atoms with van der Waals surface area (Å²) < 4.78 is 13.3. The molecule has 0 fully saturated rings. The lowest BCUT2D eigenvalue weighted by atomic mass is 10.0. The van der Waals surface area contributed by atoms with Gasteiger partial charge in [-0.3, -0.25) is 9.69 Å². The van der Waals surface area contributed by atoms with Gasteiger partial charge in [-0.25, -0.2) is 4.39 Å². The van der Waals surface area contributed by atoms with Crippen LogP contribution in [-0.4, -0.2) is 40.9 Å². The first-order chi connectivity index (χ1) is 8.35. The fraction of sp³-hybridized carbons (Fsp3) is 0.462. The zero-order chi connectivity index (χ0) is 13.8. The summed E-state index contributed by atoms with van der Waals surface area (Å²) in [6.45, 7) is 3.89. The van der Waals surface area contributed by atoms with E-state index in [9.17, 15) is 9.18 Å². The molecule has 0 aliphatic heterocycles. The quantitative estimate of drug-likeness (QED) is 0.808. The van der Waals surface area contributed by atoms with Crippen molar-refractivity contribution in [3.63, 3.8) is 0 Å². The van der Waals surface area contributed by atoms with Gasteiger partial charge in [0.05, 0.1) is 0 Å². The van der Waals surface area contributed by atoms with Gasteiger partial charge in [0.25, 0.3) is 0 Å². The van der Waals surface area contributed by atoms with Crippen LogP contribution in [0.25, 0.3) is 0 Å².